The lowest BCUT2D eigenvalue weighted by molar-refractivity contribution is -0.151. The third-order valence-electron chi connectivity index (χ3n) is 5.00. The lowest BCUT2D eigenvalue weighted by Gasteiger charge is -2.30. The molecule has 2 aromatic rings. The number of piperidine rings is 1. The average Bonchev–Trinajstić information content (AvgIpc) is 3.21. The summed E-state index contributed by atoms with van der Waals surface area (Å²) in [5.41, 5.74) is 0.550. The van der Waals surface area contributed by atoms with E-state index in [0.717, 1.165) is 0 Å². The van der Waals surface area contributed by atoms with Crippen molar-refractivity contribution in [3.63, 3.8) is 0 Å². The molecule has 0 spiro atoms. The molecule has 1 atom stereocenters. The quantitative estimate of drug-likeness (QED) is 0.558. The van der Waals surface area contributed by atoms with Crippen molar-refractivity contribution in [1.82, 2.24) is 9.29 Å². The Hall–Kier alpha value is -2.01. The van der Waals surface area contributed by atoms with Crippen molar-refractivity contribution in [2.24, 2.45) is 5.92 Å². The van der Waals surface area contributed by atoms with E-state index >= 15 is 0 Å². The van der Waals surface area contributed by atoms with Crippen LogP contribution in [0.4, 0.5) is 5.13 Å². The van der Waals surface area contributed by atoms with E-state index in [2.05, 4.69) is 4.98 Å². The van der Waals surface area contributed by atoms with E-state index in [1.54, 1.807) is 5.38 Å². The highest BCUT2D eigenvalue weighted by Gasteiger charge is 2.34. The lowest BCUT2D eigenvalue weighted by atomic mass is 10.00. The predicted octanol–water partition coefficient (Wildman–Crippen LogP) is 3.31. The fraction of sp³-hybridized carbons (Fsp3) is 0.450. The van der Waals surface area contributed by atoms with Gasteiger partial charge in [0.2, 0.25) is 15.9 Å². The van der Waals surface area contributed by atoms with Gasteiger partial charge in [0, 0.05) is 37.0 Å². The first kappa shape index (κ1) is 23.6. The zero-order valence-corrected chi connectivity index (χ0v) is 19.7. The van der Waals surface area contributed by atoms with Gasteiger partial charge in [-0.3, -0.25) is 14.5 Å². The Morgan fingerprint density at radius 3 is 2.68 bits per heavy atom. The first-order chi connectivity index (χ1) is 14.7. The number of esters is 1. The molecule has 8 nitrogen and oxygen atoms in total. The molecular weight excluding hydrogens is 462 g/mol. The number of thiazole rings is 1. The van der Waals surface area contributed by atoms with Gasteiger partial charge in [-0.15, -0.1) is 11.3 Å². The molecule has 3 rings (SSSR count). The van der Waals surface area contributed by atoms with E-state index in [-0.39, 0.29) is 24.0 Å². The van der Waals surface area contributed by atoms with Gasteiger partial charge in [-0.25, -0.2) is 13.4 Å². The number of anilines is 1. The number of rotatable bonds is 7. The summed E-state index contributed by atoms with van der Waals surface area (Å²) in [6, 6.07) is 5.97. The molecule has 1 aliphatic rings. The second kappa shape index (κ2) is 10.1. The van der Waals surface area contributed by atoms with Crippen molar-refractivity contribution in [3.8, 4) is 0 Å². The second-order valence-electron chi connectivity index (χ2n) is 7.15. The minimum atomic E-state index is -3.71. The fourth-order valence-corrected chi connectivity index (χ4v) is 5.92. The van der Waals surface area contributed by atoms with Crippen LogP contribution < -0.4 is 4.90 Å². The number of halogens is 1. The molecule has 168 valence electrons. The fourth-order valence-electron chi connectivity index (χ4n) is 3.35. The number of amides is 1. The molecule has 0 saturated carbocycles. The van der Waals surface area contributed by atoms with Crippen LogP contribution >= 0.6 is 22.9 Å². The molecule has 1 aromatic carbocycles. The van der Waals surface area contributed by atoms with Gasteiger partial charge in [-0.05, 0) is 44.0 Å². The molecule has 1 saturated heterocycles. The first-order valence-electron chi connectivity index (χ1n) is 9.87. The summed E-state index contributed by atoms with van der Waals surface area (Å²) < 4.78 is 32.5. The van der Waals surface area contributed by atoms with E-state index in [0.29, 0.717) is 41.8 Å². The molecule has 11 heteroatoms. The van der Waals surface area contributed by atoms with Crippen molar-refractivity contribution >= 4 is 50.0 Å². The van der Waals surface area contributed by atoms with Crippen LogP contribution in [-0.2, 0) is 31.0 Å². The van der Waals surface area contributed by atoms with Crippen molar-refractivity contribution in [2.45, 2.75) is 38.2 Å². The normalized spacial score (nSPS) is 17.3. The van der Waals surface area contributed by atoms with Crippen LogP contribution in [0.15, 0.2) is 34.5 Å². The van der Waals surface area contributed by atoms with Crippen LogP contribution in [-0.4, -0.2) is 49.2 Å². The molecule has 0 bridgehead atoms. The Morgan fingerprint density at radius 2 is 2.03 bits per heavy atom. The smallest absolute Gasteiger partial charge is 0.310 e. The zero-order chi connectivity index (χ0) is 22.6. The van der Waals surface area contributed by atoms with Gasteiger partial charge < -0.3 is 4.74 Å². The Kier molecular flexibility index (Phi) is 7.68. The van der Waals surface area contributed by atoms with Crippen molar-refractivity contribution in [2.75, 3.05) is 24.5 Å². The van der Waals surface area contributed by atoms with E-state index in [1.165, 1.54) is 51.7 Å². The van der Waals surface area contributed by atoms with Crippen LogP contribution in [0.2, 0.25) is 5.02 Å². The van der Waals surface area contributed by atoms with E-state index in [9.17, 15) is 18.0 Å². The third-order valence-corrected chi connectivity index (χ3v) is 8.04. The van der Waals surface area contributed by atoms with Crippen molar-refractivity contribution in [3.05, 3.63) is 40.4 Å². The number of hydrogen-bond acceptors (Lipinski definition) is 7. The number of aromatic nitrogens is 1. The largest absolute Gasteiger partial charge is 0.459 e. The number of nitrogens with zero attached hydrogens (tertiary/aromatic N) is 3. The van der Waals surface area contributed by atoms with Crippen LogP contribution in [0, 0.1) is 5.92 Å². The van der Waals surface area contributed by atoms with Crippen molar-refractivity contribution < 1.29 is 22.7 Å². The molecule has 1 fully saturated rings. The van der Waals surface area contributed by atoms with Crippen LogP contribution in [0.5, 0.6) is 0 Å². The molecule has 0 aliphatic carbocycles. The molecule has 0 radical (unpaired) electrons. The zero-order valence-electron chi connectivity index (χ0n) is 17.3. The Morgan fingerprint density at radius 1 is 1.32 bits per heavy atom. The summed E-state index contributed by atoms with van der Waals surface area (Å²) in [4.78, 5) is 30.2. The van der Waals surface area contributed by atoms with Crippen LogP contribution in [0.25, 0.3) is 0 Å². The Bertz CT molecular complexity index is 1040. The minimum absolute atomic E-state index is 0.0226. The summed E-state index contributed by atoms with van der Waals surface area (Å²) in [6.07, 6.45) is 1.12. The highest BCUT2D eigenvalue weighted by atomic mass is 35.5. The second-order valence-corrected chi connectivity index (χ2v) is 10.4. The van der Waals surface area contributed by atoms with Gasteiger partial charge in [-0.2, -0.15) is 4.31 Å². The van der Waals surface area contributed by atoms with E-state index in [4.69, 9.17) is 16.3 Å². The number of sulfonamides is 1. The highest BCUT2D eigenvalue weighted by molar-refractivity contribution is 7.89. The summed E-state index contributed by atoms with van der Waals surface area (Å²) in [7, 11) is -3.71. The number of carbonyl (C=O) groups is 2. The average molecular weight is 486 g/mol. The number of ether oxygens (including phenoxy) is 1. The highest BCUT2D eigenvalue weighted by Crippen LogP contribution is 2.26. The molecule has 31 heavy (non-hydrogen) atoms. The number of hydrogen-bond donors (Lipinski definition) is 0. The van der Waals surface area contributed by atoms with Gasteiger partial charge in [0.15, 0.2) is 5.13 Å². The summed E-state index contributed by atoms with van der Waals surface area (Å²) >= 11 is 7.15. The maximum absolute atomic E-state index is 12.9. The molecule has 1 unspecified atom stereocenters. The van der Waals surface area contributed by atoms with Crippen molar-refractivity contribution in [1.29, 1.82) is 0 Å². The van der Waals surface area contributed by atoms with Gasteiger partial charge in [0.05, 0.1) is 16.5 Å². The minimum Gasteiger partial charge on any atom is -0.459 e. The maximum atomic E-state index is 12.9. The van der Waals surface area contributed by atoms with E-state index < -0.39 is 21.9 Å². The van der Waals surface area contributed by atoms with Crippen LogP contribution in [0.1, 0.15) is 32.4 Å². The standard InChI is InChI=1S/C20H24ClN3O5S2/c1-3-24(14(2)25)20-22-17(13-30-20)12-29-19(26)15-5-4-10-23(11-15)31(27,28)18-8-6-16(21)7-9-18/h6-9,13,15H,3-5,10-12H2,1-2H3. The molecule has 0 N–H and O–H groups in total. The van der Waals surface area contributed by atoms with Gasteiger partial charge in [0.1, 0.15) is 6.61 Å². The Labute approximate surface area is 190 Å². The summed E-state index contributed by atoms with van der Waals surface area (Å²) in [5.74, 6) is -1.10. The summed E-state index contributed by atoms with van der Waals surface area (Å²) in [5, 5.41) is 2.75. The number of carbonyl (C=O) groups excluding carboxylic acids is 2. The van der Waals surface area contributed by atoms with E-state index in [1.807, 2.05) is 6.92 Å². The van der Waals surface area contributed by atoms with Gasteiger partial charge >= 0.3 is 5.97 Å². The molecule has 1 aromatic heterocycles. The SMILES string of the molecule is CCN(C(C)=O)c1nc(COC(=O)C2CCCN(S(=O)(=O)c3ccc(Cl)cc3)C2)cs1. The Balaban J connectivity index is 1.60. The monoisotopic (exact) mass is 485 g/mol. The van der Waals surface area contributed by atoms with Gasteiger partial charge in [0.25, 0.3) is 0 Å². The topological polar surface area (TPSA) is 96.9 Å². The molecular formula is C20H24ClN3O5S2. The summed E-state index contributed by atoms with van der Waals surface area (Å²) in [6.45, 7) is 4.22. The van der Waals surface area contributed by atoms with Crippen LogP contribution in [0.3, 0.4) is 0 Å². The molecule has 1 amide bonds. The number of benzene rings is 1. The predicted molar refractivity (Wildman–Crippen MR) is 119 cm³/mol. The lowest BCUT2D eigenvalue weighted by Crippen LogP contribution is -2.42. The third kappa shape index (κ3) is 5.62. The first-order valence-corrected chi connectivity index (χ1v) is 12.6. The molecule has 1 aliphatic heterocycles. The maximum Gasteiger partial charge on any atom is 0.310 e. The van der Waals surface area contributed by atoms with Gasteiger partial charge in [-0.1, -0.05) is 11.6 Å². The molecule has 2 heterocycles.